The van der Waals surface area contributed by atoms with Crippen molar-refractivity contribution in [3.8, 4) is 5.75 Å². The van der Waals surface area contributed by atoms with Crippen LogP contribution in [0.15, 0.2) is 48.5 Å². The molecule has 3 rings (SSSR count). The Balaban J connectivity index is 0.00000161. The van der Waals surface area contributed by atoms with Crippen LogP contribution in [-0.2, 0) is 13.1 Å². The summed E-state index contributed by atoms with van der Waals surface area (Å²) in [6.45, 7) is 1.45. The number of halogens is 1. The van der Waals surface area contributed by atoms with E-state index in [0.717, 1.165) is 34.7 Å². The van der Waals surface area contributed by atoms with Gasteiger partial charge in [0.1, 0.15) is 11.6 Å². The summed E-state index contributed by atoms with van der Waals surface area (Å²) in [4.78, 5) is 7.84. The van der Waals surface area contributed by atoms with Gasteiger partial charge in [0.05, 0.1) is 24.7 Å². The van der Waals surface area contributed by atoms with Crippen molar-refractivity contribution in [3.05, 3.63) is 59.9 Å². The molecule has 110 valence electrons. The van der Waals surface area contributed by atoms with Gasteiger partial charge in [-0.15, -0.1) is 12.4 Å². The Bertz CT molecular complexity index is 678. The van der Waals surface area contributed by atoms with Crippen molar-refractivity contribution in [3.63, 3.8) is 0 Å². The molecule has 0 fully saturated rings. The van der Waals surface area contributed by atoms with E-state index in [1.807, 2.05) is 42.5 Å². The molecule has 0 bridgehead atoms. The van der Waals surface area contributed by atoms with E-state index in [4.69, 9.17) is 4.74 Å². The number of nitrogens with zero attached hydrogens (tertiary/aromatic N) is 1. The van der Waals surface area contributed by atoms with Gasteiger partial charge in [0.25, 0.3) is 0 Å². The van der Waals surface area contributed by atoms with Gasteiger partial charge < -0.3 is 15.0 Å². The number of hydrogen-bond acceptors (Lipinski definition) is 3. The number of nitrogens with one attached hydrogen (secondary N) is 2. The number of benzene rings is 2. The lowest BCUT2D eigenvalue weighted by Gasteiger charge is -2.08. The van der Waals surface area contributed by atoms with Crippen LogP contribution in [0.5, 0.6) is 5.75 Å². The normalized spacial score (nSPS) is 10.3. The lowest BCUT2D eigenvalue weighted by molar-refractivity contribution is 0.407. The number of aromatic nitrogens is 2. The van der Waals surface area contributed by atoms with Crippen molar-refractivity contribution in [2.45, 2.75) is 13.1 Å². The number of rotatable bonds is 5. The third kappa shape index (κ3) is 3.54. The van der Waals surface area contributed by atoms with Crippen LogP contribution < -0.4 is 10.1 Å². The minimum Gasteiger partial charge on any atom is -0.496 e. The van der Waals surface area contributed by atoms with Crippen LogP contribution in [0.25, 0.3) is 11.0 Å². The monoisotopic (exact) mass is 303 g/mol. The third-order valence-electron chi connectivity index (χ3n) is 3.24. The van der Waals surface area contributed by atoms with Gasteiger partial charge in [0.2, 0.25) is 0 Å². The fraction of sp³-hybridized carbons (Fsp3) is 0.188. The van der Waals surface area contributed by atoms with E-state index in [0.29, 0.717) is 6.54 Å². The van der Waals surface area contributed by atoms with Gasteiger partial charge in [0, 0.05) is 12.1 Å². The first-order valence-corrected chi connectivity index (χ1v) is 6.63. The predicted octanol–water partition coefficient (Wildman–Crippen LogP) is 3.28. The lowest BCUT2D eigenvalue weighted by Crippen LogP contribution is -2.14. The van der Waals surface area contributed by atoms with Crippen molar-refractivity contribution in [1.29, 1.82) is 0 Å². The van der Waals surface area contributed by atoms with Crippen LogP contribution in [0.2, 0.25) is 0 Å². The number of hydrogen-bond donors (Lipinski definition) is 2. The number of fused-ring (bicyclic) bond motifs is 1. The van der Waals surface area contributed by atoms with E-state index >= 15 is 0 Å². The van der Waals surface area contributed by atoms with Gasteiger partial charge >= 0.3 is 0 Å². The predicted molar refractivity (Wildman–Crippen MR) is 86.9 cm³/mol. The molecule has 0 atom stereocenters. The van der Waals surface area contributed by atoms with Gasteiger partial charge in [-0.05, 0) is 18.2 Å². The molecule has 0 radical (unpaired) electrons. The van der Waals surface area contributed by atoms with Crippen LogP contribution in [0.4, 0.5) is 0 Å². The van der Waals surface area contributed by atoms with Crippen LogP contribution in [0.1, 0.15) is 11.4 Å². The van der Waals surface area contributed by atoms with Gasteiger partial charge in [0.15, 0.2) is 0 Å². The van der Waals surface area contributed by atoms with E-state index in [2.05, 4.69) is 21.4 Å². The maximum atomic E-state index is 5.33. The molecule has 5 heteroatoms. The number of aromatic amines is 1. The van der Waals surface area contributed by atoms with E-state index in [1.165, 1.54) is 0 Å². The zero-order valence-corrected chi connectivity index (χ0v) is 12.6. The molecule has 0 aliphatic carbocycles. The van der Waals surface area contributed by atoms with E-state index in [-0.39, 0.29) is 12.4 Å². The molecule has 4 nitrogen and oxygen atoms in total. The first-order chi connectivity index (χ1) is 9.86. The fourth-order valence-corrected chi connectivity index (χ4v) is 2.25. The standard InChI is InChI=1S/C16H17N3O.ClH/c1-20-15-9-5-2-6-12(15)10-17-11-16-18-13-7-3-4-8-14(13)19-16;/h2-9,17H,10-11H2,1H3,(H,18,19);1H. The highest BCUT2D eigenvalue weighted by Gasteiger charge is 2.03. The van der Waals surface area contributed by atoms with Crippen LogP contribution >= 0.6 is 12.4 Å². The molecule has 0 spiro atoms. The molecule has 0 saturated carbocycles. The number of imidazole rings is 1. The molecule has 0 saturated heterocycles. The van der Waals surface area contributed by atoms with Crippen molar-refractivity contribution >= 4 is 23.4 Å². The lowest BCUT2D eigenvalue weighted by atomic mass is 10.2. The molecule has 0 unspecified atom stereocenters. The molecule has 0 aliphatic rings. The van der Waals surface area contributed by atoms with Crippen molar-refractivity contribution in [2.24, 2.45) is 0 Å². The average Bonchev–Trinajstić information content (AvgIpc) is 2.90. The Labute approximate surface area is 130 Å². The Kier molecular flexibility index (Phi) is 5.20. The zero-order chi connectivity index (χ0) is 13.8. The second-order valence-electron chi connectivity index (χ2n) is 4.62. The smallest absolute Gasteiger partial charge is 0.123 e. The second-order valence-corrected chi connectivity index (χ2v) is 4.62. The quantitative estimate of drug-likeness (QED) is 0.760. The summed E-state index contributed by atoms with van der Waals surface area (Å²) < 4.78 is 5.33. The Morgan fingerprint density at radius 1 is 1.05 bits per heavy atom. The van der Waals surface area contributed by atoms with E-state index in [9.17, 15) is 0 Å². The number of H-pyrrole nitrogens is 1. The molecular formula is C16H18ClN3O. The van der Waals surface area contributed by atoms with Crippen LogP contribution in [0.3, 0.4) is 0 Å². The zero-order valence-electron chi connectivity index (χ0n) is 11.8. The largest absolute Gasteiger partial charge is 0.496 e. The summed E-state index contributed by atoms with van der Waals surface area (Å²) in [5, 5.41) is 3.38. The number of methoxy groups -OCH3 is 1. The van der Waals surface area contributed by atoms with Gasteiger partial charge in [-0.25, -0.2) is 4.98 Å². The fourth-order valence-electron chi connectivity index (χ4n) is 2.25. The molecule has 21 heavy (non-hydrogen) atoms. The van der Waals surface area contributed by atoms with E-state index < -0.39 is 0 Å². The summed E-state index contributed by atoms with van der Waals surface area (Å²) in [5.41, 5.74) is 3.22. The minimum absolute atomic E-state index is 0. The van der Waals surface area contributed by atoms with Crippen LogP contribution in [-0.4, -0.2) is 17.1 Å². The molecule has 2 aromatic carbocycles. The Morgan fingerprint density at radius 2 is 1.81 bits per heavy atom. The second kappa shape index (κ2) is 7.11. The third-order valence-corrected chi connectivity index (χ3v) is 3.24. The molecule has 0 amide bonds. The summed E-state index contributed by atoms with van der Waals surface area (Å²) in [7, 11) is 1.69. The van der Waals surface area contributed by atoms with Crippen LogP contribution in [0, 0.1) is 0 Å². The topological polar surface area (TPSA) is 49.9 Å². The summed E-state index contributed by atoms with van der Waals surface area (Å²) in [5.74, 6) is 1.85. The molecular weight excluding hydrogens is 286 g/mol. The van der Waals surface area contributed by atoms with Crippen molar-refractivity contribution < 1.29 is 4.74 Å². The average molecular weight is 304 g/mol. The van der Waals surface area contributed by atoms with E-state index in [1.54, 1.807) is 7.11 Å². The maximum Gasteiger partial charge on any atom is 0.123 e. The molecule has 2 N–H and O–H groups in total. The van der Waals surface area contributed by atoms with Gasteiger partial charge in [-0.1, -0.05) is 30.3 Å². The maximum absolute atomic E-state index is 5.33. The van der Waals surface area contributed by atoms with Crippen molar-refractivity contribution in [2.75, 3.05) is 7.11 Å². The first kappa shape index (κ1) is 15.4. The Hall–Kier alpha value is -2.04. The number of para-hydroxylation sites is 3. The SMILES string of the molecule is COc1ccccc1CNCc1nc2ccccc2[nH]1.Cl. The minimum atomic E-state index is 0. The van der Waals surface area contributed by atoms with Gasteiger partial charge in [-0.2, -0.15) is 0 Å². The van der Waals surface area contributed by atoms with Crippen molar-refractivity contribution in [1.82, 2.24) is 15.3 Å². The molecule has 3 aromatic rings. The summed E-state index contributed by atoms with van der Waals surface area (Å²) in [6.07, 6.45) is 0. The molecule has 1 aromatic heterocycles. The summed E-state index contributed by atoms with van der Waals surface area (Å²) in [6, 6.07) is 16.1. The highest BCUT2D eigenvalue weighted by Crippen LogP contribution is 2.17. The highest BCUT2D eigenvalue weighted by molar-refractivity contribution is 5.85. The highest BCUT2D eigenvalue weighted by atomic mass is 35.5. The Morgan fingerprint density at radius 3 is 2.62 bits per heavy atom. The van der Waals surface area contributed by atoms with Gasteiger partial charge in [-0.3, -0.25) is 0 Å². The molecule has 1 heterocycles. The molecule has 0 aliphatic heterocycles. The summed E-state index contributed by atoms with van der Waals surface area (Å²) >= 11 is 0. The first-order valence-electron chi connectivity index (χ1n) is 6.63. The number of ether oxygens (including phenoxy) is 1.